The molecule has 5 heteroatoms. The van der Waals surface area contributed by atoms with Gasteiger partial charge >= 0.3 is 0 Å². The molecule has 5 nitrogen and oxygen atoms in total. The first-order chi connectivity index (χ1) is 10.3. The molecule has 0 bridgehead atoms. The number of aromatic nitrogens is 2. The Morgan fingerprint density at radius 2 is 2.10 bits per heavy atom. The summed E-state index contributed by atoms with van der Waals surface area (Å²) in [5.41, 5.74) is 1.63. The molecule has 2 unspecified atom stereocenters. The number of carbonyl (C=O) groups excluding carboxylic acids is 1. The Morgan fingerprint density at radius 3 is 2.86 bits per heavy atom. The second-order valence-corrected chi connectivity index (χ2v) is 5.15. The van der Waals surface area contributed by atoms with Crippen molar-refractivity contribution < 1.29 is 4.79 Å². The molecule has 1 aromatic heterocycles. The number of carbonyl (C=O) groups is 1. The SMILES string of the molecule is CCNc1cncc(C(=O)NC2CC2c2ccccc2)n1. The van der Waals surface area contributed by atoms with Gasteiger partial charge in [-0.05, 0) is 18.9 Å². The minimum Gasteiger partial charge on any atom is -0.369 e. The standard InChI is InChI=1S/C16H18N4O/c1-2-18-15-10-17-9-14(19-15)16(21)20-13-8-12(13)11-6-4-3-5-7-11/h3-7,9-10,12-13H,2,8H2,1H3,(H,18,19)(H,20,21). The van der Waals surface area contributed by atoms with E-state index in [1.807, 2.05) is 25.1 Å². The third-order valence-corrected chi connectivity index (χ3v) is 3.56. The maximum atomic E-state index is 12.2. The van der Waals surface area contributed by atoms with Crippen LogP contribution in [0.5, 0.6) is 0 Å². The van der Waals surface area contributed by atoms with E-state index in [9.17, 15) is 4.79 Å². The van der Waals surface area contributed by atoms with Crippen molar-refractivity contribution in [3.8, 4) is 0 Å². The highest BCUT2D eigenvalue weighted by Gasteiger charge is 2.39. The summed E-state index contributed by atoms with van der Waals surface area (Å²) in [6.45, 7) is 2.72. The van der Waals surface area contributed by atoms with E-state index >= 15 is 0 Å². The maximum absolute atomic E-state index is 12.2. The first kappa shape index (κ1) is 13.5. The Labute approximate surface area is 123 Å². The number of anilines is 1. The monoisotopic (exact) mass is 282 g/mol. The quantitative estimate of drug-likeness (QED) is 0.882. The highest BCUT2D eigenvalue weighted by Crippen LogP contribution is 2.40. The van der Waals surface area contributed by atoms with Crippen LogP contribution >= 0.6 is 0 Å². The van der Waals surface area contributed by atoms with Gasteiger partial charge in [0.25, 0.3) is 5.91 Å². The molecule has 2 atom stereocenters. The molecule has 2 aromatic rings. The van der Waals surface area contributed by atoms with Crippen molar-refractivity contribution in [2.45, 2.75) is 25.3 Å². The van der Waals surface area contributed by atoms with Crippen molar-refractivity contribution in [3.05, 3.63) is 54.0 Å². The Morgan fingerprint density at radius 1 is 1.29 bits per heavy atom. The fraction of sp³-hybridized carbons (Fsp3) is 0.312. The van der Waals surface area contributed by atoms with E-state index in [0.717, 1.165) is 13.0 Å². The minimum absolute atomic E-state index is 0.161. The molecule has 21 heavy (non-hydrogen) atoms. The van der Waals surface area contributed by atoms with Gasteiger partial charge in [-0.25, -0.2) is 4.98 Å². The average molecular weight is 282 g/mol. The molecule has 1 aromatic carbocycles. The summed E-state index contributed by atoms with van der Waals surface area (Å²) in [7, 11) is 0. The predicted octanol–water partition coefficient (Wildman–Crippen LogP) is 2.19. The van der Waals surface area contributed by atoms with E-state index in [-0.39, 0.29) is 11.9 Å². The number of rotatable bonds is 5. The zero-order valence-corrected chi connectivity index (χ0v) is 11.9. The van der Waals surface area contributed by atoms with E-state index in [4.69, 9.17) is 0 Å². The van der Waals surface area contributed by atoms with Crippen LogP contribution in [0.15, 0.2) is 42.7 Å². The van der Waals surface area contributed by atoms with Crippen molar-refractivity contribution in [1.29, 1.82) is 0 Å². The highest BCUT2D eigenvalue weighted by molar-refractivity contribution is 5.92. The summed E-state index contributed by atoms with van der Waals surface area (Å²) >= 11 is 0. The molecule has 2 N–H and O–H groups in total. The molecule has 0 radical (unpaired) electrons. The van der Waals surface area contributed by atoms with Crippen LogP contribution in [0.3, 0.4) is 0 Å². The fourth-order valence-corrected chi connectivity index (χ4v) is 2.41. The summed E-state index contributed by atoms with van der Waals surface area (Å²) in [5, 5.41) is 6.07. The van der Waals surface area contributed by atoms with Crippen molar-refractivity contribution in [2.24, 2.45) is 0 Å². The van der Waals surface area contributed by atoms with Gasteiger partial charge in [-0.15, -0.1) is 0 Å². The van der Waals surface area contributed by atoms with Crippen molar-refractivity contribution in [3.63, 3.8) is 0 Å². The van der Waals surface area contributed by atoms with Gasteiger partial charge in [0.2, 0.25) is 0 Å². The second kappa shape index (κ2) is 5.91. The fourth-order valence-electron chi connectivity index (χ4n) is 2.41. The topological polar surface area (TPSA) is 66.9 Å². The molecular weight excluding hydrogens is 264 g/mol. The number of hydrogen-bond donors (Lipinski definition) is 2. The molecule has 1 saturated carbocycles. The summed E-state index contributed by atoms with van der Waals surface area (Å²) in [5.74, 6) is 0.881. The second-order valence-electron chi connectivity index (χ2n) is 5.15. The van der Waals surface area contributed by atoms with Gasteiger partial charge < -0.3 is 10.6 Å². The third kappa shape index (κ3) is 3.18. The van der Waals surface area contributed by atoms with Crippen molar-refractivity contribution in [1.82, 2.24) is 15.3 Å². The summed E-state index contributed by atoms with van der Waals surface area (Å²) < 4.78 is 0. The Hall–Kier alpha value is -2.43. The lowest BCUT2D eigenvalue weighted by Crippen LogP contribution is -2.27. The molecule has 3 rings (SSSR count). The first-order valence-corrected chi connectivity index (χ1v) is 7.19. The molecule has 0 spiro atoms. The lowest BCUT2D eigenvalue weighted by atomic mass is 10.1. The Balaban J connectivity index is 1.62. The van der Waals surface area contributed by atoms with Crippen LogP contribution in [0.4, 0.5) is 5.82 Å². The number of benzene rings is 1. The maximum Gasteiger partial charge on any atom is 0.271 e. The van der Waals surface area contributed by atoms with Crippen LogP contribution in [-0.2, 0) is 0 Å². The van der Waals surface area contributed by atoms with Gasteiger partial charge in [0.1, 0.15) is 11.5 Å². The molecule has 1 aliphatic rings. The molecular formula is C16H18N4O. The van der Waals surface area contributed by atoms with Gasteiger partial charge in [0.05, 0.1) is 12.4 Å². The minimum atomic E-state index is -0.161. The van der Waals surface area contributed by atoms with Crippen LogP contribution in [0, 0.1) is 0 Å². The van der Waals surface area contributed by atoms with Gasteiger partial charge in [-0.1, -0.05) is 30.3 Å². The lowest BCUT2D eigenvalue weighted by molar-refractivity contribution is 0.0945. The van der Waals surface area contributed by atoms with Gasteiger partial charge in [0, 0.05) is 18.5 Å². The first-order valence-electron chi connectivity index (χ1n) is 7.19. The average Bonchev–Trinajstić information content (AvgIpc) is 3.28. The Bertz CT molecular complexity index is 629. The van der Waals surface area contributed by atoms with Gasteiger partial charge in [-0.3, -0.25) is 9.78 Å². The van der Waals surface area contributed by atoms with E-state index in [0.29, 0.717) is 17.4 Å². The molecule has 1 fully saturated rings. The molecule has 1 amide bonds. The van der Waals surface area contributed by atoms with Gasteiger partial charge in [0.15, 0.2) is 0 Å². The summed E-state index contributed by atoms with van der Waals surface area (Å²) in [4.78, 5) is 20.5. The molecule has 0 aliphatic heterocycles. The van der Waals surface area contributed by atoms with Crippen molar-refractivity contribution in [2.75, 3.05) is 11.9 Å². The van der Waals surface area contributed by atoms with E-state index in [2.05, 4.69) is 32.7 Å². The van der Waals surface area contributed by atoms with Crippen LogP contribution in [0.25, 0.3) is 0 Å². The van der Waals surface area contributed by atoms with Crippen LogP contribution in [0.1, 0.15) is 35.3 Å². The highest BCUT2D eigenvalue weighted by atomic mass is 16.2. The number of hydrogen-bond acceptors (Lipinski definition) is 4. The zero-order valence-electron chi connectivity index (χ0n) is 11.9. The van der Waals surface area contributed by atoms with E-state index < -0.39 is 0 Å². The van der Waals surface area contributed by atoms with Crippen molar-refractivity contribution >= 4 is 11.7 Å². The van der Waals surface area contributed by atoms with Crippen LogP contribution in [-0.4, -0.2) is 28.5 Å². The normalized spacial score (nSPS) is 19.9. The van der Waals surface area contributed by atoms with E-state index in [1.165, 1.54) is 11.8 Å². The number of nitrogens with zero attached hydrogens (tertiary/aromatic N) is 2. The van der Waals surface area contributed by atoms with E-state index in [1.54, 1.807) is 6.20 Å². The number of amides is 1. The molecule has 1 aliphatic carbocycles. The molecule has 1 heterocycles. The zero-order chi connectivity index (χ0) is 14.7. The smallest absolute Gasteiger partial charge is 0.271 e. The third-order valence-electron chi connectivity index (χ3n) is 3.56. The van der Waals surface area contributed by atoms with Crippen LogP contribution < -0.4 is 10.6 Å². The van der Waals surface area contributed by atoms with Crippen LogP contribution in [0.2, 0.25) is 0 Å². The predicted molar refractivity (Wildman–Crippen MR) is 81.2 cm³/mol. The summed E-state index contributed by atoms with van der Waals surface area (Å²) in [6, 6.07) is 10.5. The molecule has 108 valence electrons. The number of nitrogens with one attached hydrogen (secondary N) is 2. The lowest BCUT2D eigenvalue weighted by Gasteiger charge is -2.06. The largest absolute Gasteiger partial charge is 0.369 e. The molecule has 0 saturated heterocycles. The Kier molecular flexibility index (Phi) is 3.81. The summed E-state index contributed by atoms with van der Waals surface area (Å²) in [6.07, 6.45) is 4.09. The van der Waals surface area contributed by atoms with Gasteiger partial charge in [-0.2, -0.15) is 0 Å².